The predicted molar refractivity (Wildman–Crippen MR) is 71.2 cm³/mol. The van der Waals surface area contributed by atoms with Gasteiger partial charge < -0.3 is 9.67 Å². The molecule has 9 heteroatoms. The van der Waals surface area contributed by atoms with E-state index in [4.69, 9.17) is 0 Å². The van der Waals surface area contributed by atoms with E-state index in [1.807, 2.05) is 13.8 Å². The van der Waals surface area contributed by atoms with Gasteiger partial charge in [0, 0.05) is 30.9 Å². The Bertz CT molecular complexity index is 565. The van der Waals surface area contributed by atoms with E-state index < -0.39 is 22.6 Å². The standard InChI is InChI=1S/C12H19F3N2O3S/c1-9(2)17-7-11(6-10(17)8-18)21(19,20)16-5-3-4-12(13,14)15/h6-7,9,16,18H,3-5,8H2,1-2H3. The summed E-state index contributed by atoms with van der Waals surface area (Å²) >= 11 is 0. The highest BCUT2D eigenvalue weighted by Gasteiger charge is 2.26. The molecule has 0 saturated carbocycles. The zero-order valence-electron chi connectivity index (χ0n) is 11.8. The number of rotatable bonds is 7. The Balaban J connectivity index is 2.75. The predicted octanol–water partition coefficient (Wildman–Crippen LogP) is 2.18. The second kappa shape index (κ2) is 6.80. The van der Waals surface area contributed by atoms with Gasteiger partial charge in [0.2, 0.25) is 10.0 Å². The van der Waals surface area contributed by atoms with Crippen LogP contribution in [0.3, 0.4) is 0 Å². The average molecular weight is 328 g/mol. The van der Waals surface area contributed by atoms with Gasteiger partial charge in [-0.25, -0.2) is 13.1 Å². The number of alkyl halides is 3. The molecule has 0 spiro atoms. The van der Waals surface area contributed by atoms with Crippen LogP contribution < -0.4 is 4.72 Å². The van der Waals surface area contributed by atoms with Crippen molar-refractivity contribution in [3.63, 3.8) is 0 Å². The molecule has 5 nitrogen and oxygen atoms in total. The lowest BCUT2D eigenvalue weighted by atomic mass is 10.3. The maximum atomic E-state index is 12.0. The molecule has 1 heterocycles. The number of halogens is 3. The van der Waals surface area contributed by atoms with Gasteiger partial charge in [-0.15, -0.1) is 0 Å². The molecule has 0 aliphatic carbocycles. The van der Waals surface area contributed by atoms with Gasteiger partial charge >= 0.3 is 6.18 Å². The molecule has 0 fully saturated rings. The molecule has 0 atom stereocenters. The summed E-state index contributed by atoms with van der Waals surface area (Å²) in [5.41, 5.74) is 0.431. The van der Waals surface area contributed by atoms with Crippen molar-refractivity contribution < 1.29 is 26.7 Å². The third-order valence-corrected chi connectivity index (χ3v) is 4.29. The minimum absolute atomic E-state index is 0.0404. The summed E-state index contributed by atoms with van der Waals surface area (Å²) in [7, 11) is -3.87. The quantitative estimate of drug-likeness (QED) is 0.754. The highest BCUT2D eigenvalue weighted by molar-refractivity contribution is 7.89. The van der Waals surface area contributed by atoms with Gasteiger partial charge in [0.1, 0.15) is 0 Å². The van der Waals surface area contributed by atoms with Gasteiger partial charge in [0.15, 0.2) is 0 Å². The smallest absolute Gasteiger partial charge is 0.389 e. The molecule has 1 rings (SSSR count). The number of aliphatic hydroxyl groups is 1. The lowest BCUT2D eigenvalue weighted by Crippen LogP contribution is -2.25. The molecule has 1 aromatic rings. The number of hydrogen-bond acceptors (Lipinski definition) is 3. The summed E-state index contributed by atoms with van der Waals surface area (Å²) < 4.78 is 63.6. The topological polar surface area (TPSA) is 71.3 Å². The first-order valence-electron chi connectivity index (χ1n) is 6.45. The minimum atomic E-state index is -4.30. The Morgan fingerprint density at radius 2 is 2.00 bits per heavy atom. The SMILES string of the molecule is CC(C)n1cc(S(=O)(=O)NCCCC(F)(F)F)cc1CO. The molecule has 0 bridgehead atoms. The Hall–Kier alpha value is -1.06. The first-order chi connectivity index (χ1) is 9.57. The van der Waals surface area contributed by atoms with Crippen LogP contribution in [0.5, 0.6) is 0 Å². The summed E-state index contributed by atoms with van der Waals surface area (Å²) in [5.74, 6) is 0. The Labute approximate surface area is 121 Å². The molecule has 21 heavy (non-hydrogen) atoms. The highest BCUT2D eigenvalue weighted by Crippen LogP contribution is 2.22. The van der Waals surface area contributed by atoms with E-state index in [0.29, 0.717) is 5.69 Å². The third-order valence-electron chi connectivity index (χ3n) is 2.86. The van der Waals surface area contributed by atoms with Crippen molar-refractivity contribution in [2.75, 3.05) is 6.54 Å². The van der Waals surface area contributed by atoms with Crippen LogP contribution in [0, 0.1) is 0 Å². The first kappa shape index (κ1) is 18.0. The van der Waals surface area contributed by atoms with Crippen molar-refractivity contribution in [1.82, 2.24) is 9.29 Å². The van der Waals surface area contributed by atoms with Gasteiger partial charge in [-0.05, 0) is 26.3 Å². The number of nitrogens with zero attached hydrogens (tertiary/aromatic N) is 1. The van der Waals surface area contributed by atoms with Crippen LogP contribution in [-0.2, 0) is 16.6 Å². The molecule has 0 amide bonds. The van der Waals surface area contributed by atoms with Crippen LogP contribution in [0.25, 0.3) is 0 Å². The molecule has 0 unspecified atom stereocenters. The third kappa shape index (κ3) is 5.33. The Kier molecular flexibility index (Phi) is 5.83. The molecule has 0 saturated heterocycles. The second-order valence-electron chi connectivity index (χ2n) is 4.94. The molecule has 1 aromatic heterocycles. The summed E-state index contributed by atoms with van der Waals surface area (Å²) in [6.07, 6.45) is -4.29. The maximum Gasteiger partial charge on any atom is 0.389 e. The fourth-order valence-corrected chi connectivity index (χ4v) is 2.95. The van der Waals surface area contributed by atoms with Gasteiger partial charge in [-0.3, -0.25) is 0 Å². The molecule has 0 aliphatic rings. The molecular formula is C12H19F3N2O3S. The van der Waals surface area contributed by atoms with Crippen molar-refractivity contribution >= 4 is 10.0 Å². The number of hydrogen-bond donors (Lipinski definition) is 2. The van der Waals surface area contributed by atoms with Crippen molar-refractivity contribution in [3.8, 4) is 0 Å². The highest BCUT2D eigenvalue weighted by atomic mass is 32.2. The van der Waals surface area contributed by atoms with Crippen molar-refractivity contribution in [2.24, 2.45) is 0 Å². The number of nitrogens with one attached hydrogen (secondary N) is 1. The molecular weight excluding hydrogens is 309 g/mol. The van der Waals surface area contributed by atoms with Crippen molar-refractivity contribution in [2.45, 2.75) is 50.4 Å². The van der Waals surface area contributed by atoms with E-state index in [-0.39, 0.29) is 30.5 Å². The monoisotopic (exact) mass is 328 g/mol. The summed E-state index contributed by atoms with van der Waals surface area (Å²) in [6.45, 7) is 3.05. The van der Waals surface area contributed by atoms with Gasteiger partial charge in [-0.2, -0.15) is 13.2 Å². The molecule has 2 N–H and O–H groups in total. The molecule has 0 radical (unpaired) electrons. The lowest BCUT2D eigenvalue weighted by Gasteiger charge is -2.10. The van der Waals surface area contributed by atoms with E-state index in [1.54, 1.807) is 4.57 Å². The van der Waals surface area contributed by atoms with Gasteiger partial charge in [0.05, 0.1) is 11.5 Å². The van der Waals surface area contributed by atoms with Crippen molar-refractivity contribution in [1.29, 1.82) is 0 Å². The normalized spacial score (nSPS) is 13.1. The second-order valence-corrected chi connectivity index (χ2v) is 6.71. The maximum absolute atomic E-state index is 12.0. The van der Waals surface area contributed by atoms with Gasteiger partial charge in [0.25, 0.3) is 0 Å². The Morgan fingerprint density at radius 3 is 2.43 bits per heavy atom. The van der Waals surface area contributed by atoms with Crippen molar-refractivity contribution in [3.05, 3.63) is 18.0 Å². The first-order valence-corrected chi connectivity index (χ1v) is 7.93. The van der Waals surface area contributed by atoms with E-state index in [2.05, 4.69) is 4.72 Å². The van der Waals surface area contributed by atoms with Crippen LogP contribution in [0.15, 0.2) is 17.2 Å². The summed E-state index contributed by atoms with van der Waals surface area (Å²) in [5, 5.41) is 9.19. The van der Waals surface area contributed by atoms with E-state index in [9.17, 15) is 26.7 Å². The number of sulfonamides is 1. The molecule has 122 valence electrons. The van der Waals surface area contributed by atoms with Crippen LogP contribution in [0.4, 0.5) is 13.2 Å². The van der Waals surface area contributed by atoms with E-state index >= 15 is 0 Å². The van der Waals surface area contributed by atoms with Crippen LogP contribution >= 0.6 is 0 Å². The summed E-state index contributed by atoms with van der Waals surface area (Å²) in [6, 6.07) is 1.27. The van der Waals surface area contributed by atoms with Crippen LogP contribution in [0.1, 0.15) is 38.4 Å². The van der Waals surface area contributed by atoms with Crippen LogP contribution in [-0.4, -0.2) is 30.8 Å². The largest absolute Gasteiger partial charge is 0.390 e. The lowest BCUT2D eigenvalue weighted by molar-refractivity contribution is -0.135. The van der Waals surface area contributed by atoms with Gasteiger partial charge in [-0.1, -0.05) is 0 Å². The Morgan fingerprint density at radius 1 is 1.38 bits per heavy atom. The number of aromatic nitrogens is 1. The minimum Gasteiger partial charge on any atom is -0.390 e. The zero-order chi connectivity index (χ0) is 16.3. The molecule has 0 aromatic carbocycles. The van der Waals surface area contributed by atoms with Crippen LogP contribution in [0.2, 0.25) is 0 Å². The summed E-state index contributed by atoms with van der Waals surface area (Å²) in [4.78, 5) is -0.0627. The molecule has 0 aliphatic heterocycles. The van der Waals surface area contributed by atoms with E-state index in [0.717, 1.165) is 0 Å². The fourth-order valence-electron chi connectivity index (χ4n) is 1.83. The average Bonchev–Trinajstić information content (AvgIpc) is 2.78. The number of aliphatic hydroxyl groups excluding tert-OH is 1. The van der Waals surface area contributed by atoms with E-state index in [1.165, 1.54) is 12.3 Å². The fraction of sp³-hybridized carbons (Fsp3) is 0.667. The zero-order valence-corrected chi connectivity index (χ0v) is 12.6.